The average molecular weight is 148 g/mol. The van der Waals surface area contributed by atoms with E-state index in [0.717, 1.165) is 0 Å². The minimum Gasteiger partial charge on any atom is -0.396 e. The van der Waals surface area contributed by atoms with Crippen LogP contribution in [0.5, 0.6) is 0 Å². The van der Waals surface area contributed by atoms with Gasteiger partial charge in [-0.25, -0.2) is 0 Å². The van der Waals surface area contributed by atoms with Crippen molar-refractivity contribution in [3.05, 3.63) is 0 Å². The normalized spacial score (nSPS) is 40.5. The van der Waals surface area contributed by atoms with E-state index in [4.69, 9.17) is 20.1 Å². The molecule has 0 aromatic rings. The maximum absolute atomic E-state index is 9.09. The van der Waals surface area contributed by atoms with Crippen molar-refractivity contribution in [1.29, 1.82) is 0 Å². The van der Waals surface area contributed by atoms with Crippen LogP contribution in [0.2, 0.25) is 0 Å². The first kappa shape index (κ1) is 7.94. The molecule has 4 nitrogen and oxygen atoms in total. The molecule has 4 heteroatoms. The van der Waals surface area contributed by atoms with Crippen LogP contribution in [-0.4, -0.2) is 40.4 Å². The molecule has 0 aromatic carbocycles. The van der Waals surface area contributed by atoms with Crippen LogP contribution in [0, 0.1) is 0 Å². The fourth-order valence-electron chi connectivity index (χ4n) is 1.09. The van der Waals surface area contributed by atoms with Gasteiger partial charge >= 0.3 is 0 Å². The molecular weight excluding hydrogens is 136 g/mol. The topological polar surface area (TPSA) is 69.9 Å². The molecule has 1 aliphatic heterocycles. The highest BCUT2D eigenvalue weighted by molar-refractivity contribution is 4.76. The van der Waals surface area contributed by atoms with E-state index in [1.165, 1.54) is 0 Å². The molecule has 0 aliphatic carbocycles. The van der Waals surface area contributed by atoms with Gasteiger partial charge in [0.25, 0.3) is 0 Å². The first-order valence-corrected chi connectivity index (χ1v) is 3.36. The van der Waals surface area contributed by atoms with Crippen molar-refractivity contribution >= 4 is 0 Å². The second kappa shape index (κ2) is 3.30. The average Bonchev–Trinajstić information content (AvgIpc) is 2.13. The Labute approximate surface area is 59.1 Å². The highest BCUT2D eigenvalue weighted by atomic mass is 16.6. The van der Waals surface area contributed by atoms with Gasteiger partial charge in [0, 0.05) is 13.0 Å². The Morgan fingerprint density at radius 1 is 1.40 bits per heavy atom. The molecule has 0 spiro atoms. The molecule has 0 saturated carbocycles. The fraction of sp³-hybridized carbons (Fsp3) is 1.00. The highest BCUT2D eigenvalue weighted by Crippen LogP contribution is 2.20. The molecule has 1 aliphatic rings. The number of hydrogen-bond donors (Lipinski definition) is 3. The Hall–Kier alpha value is -0.160. The Morgan fingerprint density at radius 3 is 2.50 bits per heavy atom. The maximum Gasteiger partial charge on any atom is 0.157 e. The van der Waals surface area contributed by atoms with E-state index in [0.29, 0.717) is 6.42 Å². The van der Waals surface area contributed by atoms with Crippen LogP contribution in [0.25, 0.3) is 0 Å². The standard InChI is InChI=1S/C6H12O4/c7-2-1-5-4(8)3-6(9)10-5/h4-9H,1-3H2/t4-,5?,6-/m0/s1. The predicted molar refractivity (Wildman–Crippen MR) is 33.2 cm³/mol. The first-order valence-electron chi connectivity index (χ1n) is 3.36. The van der Waals surface area contributed by atoms with Crippen LogP contribution in [0.3, 0.4) is 0 Å². The van der Waals surface area contributed by atoms with Crippen LogP contribution < -0.4 is 0 Å². The maximum atomic E-state index is 9.09. The molecule has 0 aromatic heterocycles. The summed E-state index contributed by atoms with van der Waals surface area (Å²) in [5.74, 6) is 0. The third-order valence-electron chi connectivity index (χ3n) is 1.62. The van der Waals surface area contributed by atoms with Gasteiger partial charge in [-0.3, -0.25) is 0 Å². The van der Waals surface area contributed by atoms with E-state index in [1.807, 2.05) is 0 Å². The van der Waals surface area contributed by atoms with Crippen molar-refractivity contribution < 1.29 is 20.1 Å². The third kappa shape index (κ3) is 1.67. The van der Waals surface area contributed by atoms with Crippen LogP contribution >= 0.6 is 0 Å². The molecule has 3 N–H and O–H groups in total. The van der Waals surface area contributed by atoms with Crippen LogP contribution in [-0.2, 0) is 4.74 Å². The lowest BCUT2D eigenvalue weighted by Crippen LogP contribution is -2.21. The second-order valence-electron chi connectivity index (χ2n) is 2.44. The predicted octanol–water partition coefficient (Wildman–Crippen LogP) is -1.16. The van der Waals surface area contributed by atoms with E-state index in [9.17, 15) is 0 Å². The second-order valence-corrected chi connectivity index (χ2v) is 2.44. The van der Waals surface area contributed by atoms with Crippen LogP contribution in [0.1, 0.15) is 12.8 Å². The van der Waals surface area contributed by atoms with Crippen LogP contribution in [0.15, 0.2) is 0 Å². The van der Waals surface area contributed by atoms with Crippen molar-refractivity contribution in [2.45, 2.75) is 31.3 Å². The van der Waals surface area contributed by atoms with Crippen molar-refractivity contribution in [3.8, 4) is 0 Å². The minimum absolute atomic E-state index is 0.0194. The summed E-state index contributed by atoms with van der Waals surface area (Å²) in [7, 11) is 0. The largest absolute Gasteiger partial charge is 0.396 e. The van der Waals surface area contributed by atoms with Crippen molar-refractivity contribution in [3.63, 3.8) is 0 Å². The van der Waals surface area contributed by atoms with Gasteiger partial charge in [0.15, 0.2) is 6.29 Å². The lowest BCUT2D eigenvalue weighted by atomic mass is 10.1. The zero-order chi connectivity index (χ0) is 7.56. The SMILES string of the molecule is OCCC1O[C@H](O)C[C@@H]1O. The zero-order valence-electron chi connectivity index (χ0n) is 5.60. The number of rotatable bonds is 2. The Kier molecular flexibility index (Phi) is 2.62. The van der Waals surface area contributed by atoms with E-state index >= 15 is 0 Å². The summed E-state index contributed by atoms with van der Waals surface area (Å²) in [5.41, 5.74) is 0. The molecule has 3 atom stereocenters. The number of aliphatic hydroxyl groups is 3. The monoisotopic (exact) mass is 148 g/mol. The number of hydrogen-bond acceptors (Lipinski definition) is 4. The lowest BCUT2D eigenvalue weighted by molar-refractivity contribution is -0.0993. The summed E-state index contributed by atoms with van der Waals surface area (Å²) >= 11 is 0. The van der Waals surface area contributed by atoms with Crippen molar-refractivity contribution in [2.75, 3.05) is 6.61 Å². The van der Waals surface area contributed by atoms with Gasteiger partial charge < -0.3 is 20.1 Å². The molecule has 10 heavy (non-hydrogen) atoms. The molecule has 1 rings (SSSR count). The Morgan fingerprint density at radius 2 is 2.10 bits per heavy atom. The highest BCUT2D eigenvalue weighted by Gasteiger charge is 2.31. The summed E-state index contributed by atoms with van der Waals surface area (Å²) in [6, 6.07) is 0. The summed E-state index contributed by atoms with van der Waals surface area (Å²) in [5, 5.41) is 26.4. The van der Waals surface area contributed by atoms with Gasteiger partial charge in [0.1, 0.15) is 0 Å². The Bertz CT molecular complexity index is 106. The van der Waals surface area contributed by atoms with E-state index < -0.39 is 12.4 Å². The molecule has 0 radical (unpaired) electrons. The van der Waals surface area contributed by atoms with Gasteiger partial charge in [-0.1, -0.05) is 0 Å². The molecule has 0 bridgehead atoms. The first-order chi connectivity index (χ1) is 4.74. The van der Waals surface area contributed by atoms with Gasteiger partial charge in [-0.2, -0.15) is 0 Å². The molecule has 60 valence electrons. The lowest BCUT2D eigenvalue weighted by Gasteiger charge is -2.10. The smallest absolute Gasteiger partial charge is 0.157 e. The van der Waals surface area contributed by atoms with Gasteiger partial charge in [0.05, 0.1) is 12.2 Å². The third-order valence-corrected chi connectivity index (χ3v) is 1.62. The summed E-state index contributed by atoms with van der Waals surface area (Å²) in [6.07, 6.45) is -1.23. The summed E-state index contributed by atoms with van der Waals surface area (Å²) in [4.78, 5) is 0. The fourth-order valence-corrected chi connectivity index (χ4v) is 1.09. The minimum atomic E-state index is -0.855. The van der Waals surface area contributed by atoms with Crippen LogP contribution in [0.4, 0.5) is 0 Å². The summed E-state index contributed by atoms with van der Waals surface area (Å²) in [6.45, 7) is -0.0194. The van der Waals surface area contributed by atoms with Gasteiger partial charge in [-0.05, 0) is 6.42 Å². The summed E-state index contributed by atoms with van der Waals surface area (Å²) < 4.78 is 4.86. The number of aliphatic hydroxyl groups excluding tert-OH is 3. The van der Waals surface area contributed by atoms with Crippen molar-refractivity contribution in [1.82, 2.24) is 0 Å². The molecule has 1 saturated heterocycles. The molecular formula is C6H12O4. The molecule has 1 heterocycles. The molecule has 1 fully saturated rings. The molecule has 1 unspecified atom stereocenters. The van der Waals surface area contributed by atoms with E-state index in [1.54, 1.807) is 0 Å². The van der Waals surface area contributed by atoms with Crippen molar-refractivity contribution in [2.24, 2.45) is 0 Å². The zero-order valence-corrected chi connectivity index (χ0v) is 5.60. The quantitative estimate of drug-likeness (QED) is 0.462. The molecule has 0 amide bonds. The van der Waals surface area contributed by atoms with E-state index in [2.05, 4.69) is 0 Å². The number of ether oxygens (including phenoxy) is 1. The van der Waals surface area contributed by atoms with Gasteiger partial charge in [0.2, 0.25) is 0 Å². The van der Waals surface area contributed by atoms with E-state index in [-0.39, 0.29) is 19.1 Å². The van der Waals surface area contributed by atoms with Gasteiger partial charge in [-0.15, -0.1) is 0 Å². The Balaban J connectivity index is 2.31.